The van der Waals surface area contributed by atoms with Crippen LogP contribution in [0.25, 0.3) is 0 Å². The van der Waals surface area contributed by atoms with Crippen molar-refractivity contribution in [1.29, 1.82) is 0 Å². The van der Waals surface area contributed by atoms with E-state index in [-0.39, 0.29) is 5.78 Å². The van der Waals surface area contributed by atoms with Crippen LogP contribution >= 0.6 is 0 Å². The van der Waals surface area contributed by atoms with Crippen LogP contribution in [-0.2, 0) is 4.79 Å². The lowest BCUT2D eigenvalue weighted by atomic mass is 9.98. The van der Waals surface area contributed by atoms with Crippen molar-refractivity contribution in [3.8, 4) is 0 Å². The zero-order valence-electron chi connectivity index (χ0n) is 16.3. The van der Waals surface area contributed by atoms with Crippen LogP contribution in [0.3, 0.4) is 0 Å². The van der Waals surface area contributed by atoms with Gasteiger partial charge in [0.1, 0.15) is 5.60 Å². The smallest absolute Gasteiger partial charge is 0.163 e. The first-order valence-corrected chi connectivity index (χ1v) is 10.1. The predicted molar refractivity (Wildman–Crippen MR) is 101 cm³/mol. The van der Waals surface area contributed by atoms with Crippen LogP contribution in [0, 0.1) is 5.92 Å². The maximum absolute atomic E-state index is 11.5. The molecule has 0 aromatic rings. The molecule has 2 heteroatoms. The largest absolute Gasteiger partial charge is 0.383 e. The van der Waals surface area contributed by atoms with Gasteiger partial charge >= 0.3 is 0 Å². The summed E-state index contributed by atoms with van der Waals surface area (Å²) < 4.78 is 0. The van der Waals surface area contributed by atoms with Gasteiger partial charge in [-0.25, -0.2) is 0 Å². The Morgan fingerprint density at radius 3 is 1.43 bits per heavy atom. The molecule has 0 radical (unpaired) electrons. The van der Waals surface area contributed by atoms with Gasteiger partial charge in [-0.15, -0.1) is 0 Å². The molecule has 0 saturated heterocycles. The number of hydrogen-bond donors (Lipinski definition) is 1. The average molecular weight is 327 g/mol. The minimum Gasteiger partial charge on any atom is -0.383 e. The Labute approximate surface area is 145 Å². The van der Waals surface area contributed by atoms with E-state index in [1.165, 1.54) is 70.6 Å². The third-order valence-corrected chi connectivity index (χ3v) is 4.62. The van der Waals surface area contributed by atoms with E-state index in [2.05, 4.69) is 13.8 Å². The number of hydrogen-bond acceptors (Lipinski definition) is 2. The van der Waals surface area contributed by atoms with Gasteiger partial charge in [0.2, 0.25) is 0 Å². The molecule has 2 nitrogen and oxygen atoms in total. The van der Waals surface area contributed by atoms with E-state index in [1.807, 2.05) is 0 Å². The summed E-state index contributed by atoms with van der Waals surface area (Å²) in [6.07, 6.45) is 17.7. The van der Waals surface area contributed by atoms with Crippen molar-refractivity contribution in [2.24, 2.45) is 5.92 Å². The van der Waals surface area contributed by atoms with E-state index in [0.717, 1.165) is 18.8 Å². The molecular formula is C21H42O2. The van der Waals surface area contributed by atoms with E-state index in [9.17, 15) is 9.90 Å². The number of Topliss-reactive ketones (excluding diaryl/α,β-unsaturated/α-hetero) is 1. The molecule has 0 aromatic carbocycles. The molecule has 0 rings (SSSR count). The molecular weight excluding hydrogens is 284 g/mol. The van der Waals surface area contributed by atoms with Crippen LogP contribution in [-0.4, -0.2) is 16.5 Å². The first-order chi connectivity index (χ1) is 10.8. The Balaban J connectivity index is 3.15. The molecule has 0 aromatic heterocycles. The predicted octanol–water partition coefficient (Wildman–Crippen LogP) is 6.44. The van der Waals surface area contributed by atoms with Crippen LogP contribution in [0.4, 0.5) is 0 Å². The van der Waals surface area contributed by atoms with E-state index < -0.39 is 5.60 Å². The summed E-state index contributed by atoms with van der Waals surface area (Å²) in [7, 11) is 0. The van der Waals surface area contributed by atoms with Gasteiger partial charge in [0.25, 0.3) is 0 Å². The number of ketones is 1. The molecule has 0 spiro atoms. The standard InChI is InChI=1S/C21H42O2/c1-19(2)17-15-13-11-9-7-5-6-8-10-12-14-16-18-20(22)21(3,4)23/h19,23H,5-18H2,1-4H3. The minimum atomic E-state index is -1.14. The van der Waals surface area contributed by atoms with Gasteiger partial charge in [0.15, 0.2) is 5.78 Å². The number of carbonyl (C=O) groups excluding carboxylic acids is 1. The lowest BCUT2D eigenvalue weighted by Gasteiger charge is -2.14. The quantitative estimate of drug-likeness (QED) is 0.331. The molecule has 0 amide bonds. The van der Waals surface area contributed by atoms with Crippen molar-refractivity contribution in [2.45, 2.75) is 123 Å². The summed E-state index contributed by atoms with van der Waals surface area (Å²) in [4.78, 5) is 11.5. The highest BCUT2D eigenvalue weighted by Gasteiger charge is 2.22. The van der Waals surface area contributed by atoms with Crippen LogP contribution < -0.4 is 0 Å². The minimum absolute atomic E-state index is 0.0223. The van der Waals surface area contributed by atoms with Crippen molar-refractivity contribution in [3.05, 3.63) is 0 Å². The molecule has 0 aliphatic carbocycles. The zero-order valence-corrected chi connectivity index (χ0v) is 16.3. The molecule has 138 valence electrons. The molecule has 0 aliphatic heterocycles. The van der Waals surface area contributed by atoms with E-state index in [4.69, 9.17) is 0 Å². The topological polar surface area (TPSA) is 37.3 Å². The maximum Gasteiger partial charge on any atom is 0.163 e. The normalized spacial score (nSPS) is 12.1. The van der Waals surface area contributed by atoms with Crippen LogP contribution in [0.2, 0.25) is 0 Å². The highest BCUT2D eigenvalue weighted by Crippen LogP contribution is 2.15. The fourth-order valence-electron chi connectivity index (χ4n) is 2.91. The highest BCUT2D eigenvalue weighted by molar-refractivity contribution is 5.86. The molecule has 1 N–H and O–H groups in total. The molecule has 0 atom stereocenters. The summed E-state index contributed by atoms with van der Waals surface area (Å²) in [5.41, 5.74) is -1.14. The van der Waals surface area contributed by atoms with E-state index in [0.29, 0.717) is 6.42 Å². The Morgan fingerprint density at radius 1 is 0.739 bits per heavy atom. The van der Waals surface area contributed by atoms with Crippen molar-refractivity contribution in [1.82, 2.24) is 0 Å². The van der Waals surface area contributed by atoms with Crippen LogP contribution in [0.5, 0.6) is 0 Å². The third-order valence-electron chi connectivity index (χ3n) is 4.62. The van der Waals surface area contributed by atoms with Crippen molar-refractivity contribution < 1.29 is 9.90 Å². The summed E-state index contributed by atoms with van der Waals surface area (Å²) in [5.74, 6) is 0.842. The SMILES string of the molecule is CC(C)CCCCCCCCCCCCCCC(=O)C(C)(C)O. The Kier molecular flexibility index (Phi) is 13.8. The second kappa shape index (κ2) is 14.0. The maximum atomic E-state index is 11.5. The number of carbonyl (C=O) groups is 1. The molecule has 0 aliphatic rings. The molecule has 0 saturated carbocycles. The van der Waals surface area contributed by atoms with E-state index >= 15 is 0 Å². The van der Waals surface area contributed by atoms with Crippen molar-refractivity contribution >= 4 is 5.78 Å². The van der Waals surface area contributed by atoms with Gasteiger partial charge in [0.05, 0.1) is 0 Å². The summed E-state index contributed by atoms with van der Waals surface area (Å²) in [6, 6.07) is 0. The van der Waals surface area contributed by atoms with Gasteiger partial charge in [-0.05, 0) is 26.2 Å². The first-order valence-electron chi connectivity index (χ1n) is 10.1. The molecule has 0 unspecified atom stereocenters. The molecule has 23 heavy (non-hydrogen) atoms. The van der Waals surface area contributed by atoms with Crippen molar-refractivity contribution in [2.75, 3.05) is 0 Å². The fourth-order valence-corrected chi connectivity index (χ4v) is 2.91. The van der Waals surface area contributed by atoms with Crippen LogP contribution in [0.1, 0.15) is 118 Å². The molecule has 0 heterocycles. The lowest BCUT2D eigenvalue weighted by molar-refractivity contribution is -0.134. The van der Waals surface area contributed by atoms with Gasteiger partial charge in [0, 0.05) is 6.42 Å². The zero-order chi connectivity index (χ0) is 17.6. The third kappa shape index (κ3) is 16.3. The Hall–Kier alpha value is -0.370. The molecule has 0 bridgehead atoms. The highest BCUT2D eigenvalue weighted by atomic mass is 16.3. The summed E-state index contributed by atoms with van der Waals surface area (Å²) in [5, 5.41) is 9.55. The van der Waals surface area contributed by atoms with Gasteiger partial charge in [-0.3, -0.25) is 4.79 Å². The summed E-state index contributed by atoms with van der Waals surface area (Å²) in [6.45, 7) is 7.79. The average Bonchev–Trinajstić information content (AvgIpc) is 2.46. The number of aliphatic hydroxyl groups is 1. The Morgan fingerprint density at radius 2 is 1.09 bits per heavy atom. The first kappa shape index (κ1) is 22.6. The monoisotopic (exact) mass is 326 g/mol. The van der Waals surface area contributed by atoms with E-state index in [1.54, 1.807) is 13.8 Å². The second-order valence-corrected chi connectivity index (χ2v) is 8.16. The van der Waals surface area contributed by atoms with Crippen molar-refractivity contribution in [3.63, 3.8) is 0 Å². The lowest BCUT2D eigenvalue weighted by Crippen LogP contribution is -2.30. The van der Waals surface area contributed by atoms with Gasteiger partial charge in [-0.2, -0.15) is 0 Å². The van der Waals surface area contributed by atoms with Gasteiger partial charge < -0.3 is 5.11 Å². The molecule has 0 fully saturated rings. The number of rotatable bonds is 16. The summed E-state index contributed by atoms with van der Waals surface area (Å²) >= 11 is 0. The van der Waals surface area contributed by atoms with Gasteiger partial charge in [-0.1, -0.05) is 90.9 Å². The second-order valence-electron chi connectivity index (χ2n) is 8.16. The number of unbranched alkanes of at least 4 members (excludes halogenated alkanes) is 11. The Bertz CT molecular complexity index is 276. The fraction of sp³-hybridized carbons (Fsp3) is 0.952. The van der Waals surface area contributed by atoms with Crippen LogP contribution in [0.15, 0.2) is 0 Å².